The highest BCUT2D eigenvalue weighted by Gasteiger charge is 2.30. The fraction of sp³-hybridized carbons (Fsp3) is 0.167. The molecule has 0 amide bonds. The van der Waals surface area contributed by atoms with E-state index < -0.39 is 0 Å². The Morgan fingerprint density at radius 3 is 2.03 bits per heavy atom. The molecule has 5 nitrogen and oxygen atoms in total. The molecule has 2 unspecified atom stereocenters. The summed E-state index contributed by atoms with van der Waals surface area (Å²) in [6, 6.07) is 47.8. The summed E-state index contributed by atoms with van der Waals surface area (Å²) in [5, 5.41) is 6.22. The highest BCUT2D eigenvalue weighted by atomic mass is 16.3. The van der Waals surface area contributed by atoms with Crippen molar-refractivity contribution < 1.29 is 4.42 Å². The lowest BCUT2D eigenvalue weighted by Gasteiger charge is -2.34. The van der Waals surface area contributed by atoms with Gasteiger partial charge in [-0.3, -0.25) is 0 Å². The van der Waals surface area contributed by atoms with Gasteiger partial charge in [0.25, 0.3) is 0 Å². The molecule has 6 aromatic carbocycles. The van der Waals surface area contributed by atoms with Crippen LogP contribution in [0.25, 0.3) is 101 Å². The standard InChI is InChI=1S/C72H58N4O/c1-4-17-51(18-5-1)74-63-27-13-10-23-56(63)61-45-49(35-42-66(61)74)47-31-37-54(38-32-47)73(55-39-33-48(34-40-55)50-36-43-67-62(46-50)57-24-11-14-28-64(57)75(67)52-19-6-2-7-20-52)69-30-16-26-58-59-41-44-68-70(72(59)77-71(58)69)60-25-12-15-29-65(60)76(68)53-21-8-3-9-22-53/h1-4,6,8-10,12-14,16-17,19,21-23,25-28,30-37,39-44,46,49,54H,5,7,11,15,18,20,24,29,38,45H2. The van der Waals surface area contributed by atoms with Crippen molar-refractivity contribution in [1.82, 2.24) is 13.7 Å². The fourth-order valence-corrected chi connectivity index (χ4v) is 14.0. The lowest BCUT2D eigenvalue weighted by atomic mass is 9.83. The largest absolute Gasteiger partial charge is 0.453 e. The normalized spacial score (nSPS) is 18.6. The van der Waals surface area contributed by atoms with Gasteiger partial charge in [-0.2, -0.15) is 0 Å². The predicted molar refractivity (Wildman–Crippen MR) is 324 cm³/mol. The Kier molecular flexibility index (Phi) is 10.4. The third kappa shape index (κ3) is 7.06. The highest BCUT2D eigenvalue weighted by Crippen LogP contribution is 2.47. The van der Waals surface area contributed by atoms with Crippen LogP contribution in [0.1, 0.15) is 78.7 Å². The number of fused-ring (bicyclic) bond motifs is 13. The Balaban J connectivity index is 0.800. The van der Waals surface area contributed by atoms with Crippen LogP contribution in [0, 0.1) is 5.92 Å². The highest BCUT2D eigenvalue weighted by molar-refractivity contribution is 6.19. The van der Waals surface area contributed by atoms with Crippen molar-refractivity contribution in [2.75, 3.05) is 4.90 Å². The molecule has 6 aliphatic carbocycles. The zero-order valence-electron chi connectivity index (χ0n) is 43.2. The smallest absolute Gasteiger partial charge is 0.159 e. The molecule has 4 heterocycles. The molecule has 0 aliphatic heterocycles. The summed E-state index contributed by atoms with van der Waals surface area (Å²) in [6.45, 7) is 0. The molecular formula is C72H58N4O. The molecule has 0 N–H and O–H groups in total. The number of aryl methyl sites for hydroxylation is 1. The van der Waals surface area contributed by atoms with Gasteiger partial charge < -0.3 is 23.0 Å². The number of rotatable bonds is 8. The van der Waals surface area contributed by atoms with E-state index in [1.807, 2.05) is 0 Å². The van der Waals surface area contributed by atoms with Crippen molar-refractivity contribution in [3.8, 4) is 16.8 Å². The van der Waals surface area contributed by atoms with E-state index in [4.69, 9.17) is 4.42 Å². The SMILES string of the molecule is C1=CCCC(n2c3c(c4cc(-c5ccc(N(c6cccc7c6oc6c7ccc7c6c6c(n7-c7ccccc7)CCC=C6)C6C=CC(C7C=Cc8c(c9ccccc9n8C8=CC=CCC8)C7)=CC6)cc5)ccc42)CCC=C3)=C1. The molecule has 2 atom stereocenters. The maximum atomic E-state index is 7.40. The van der Waals surface area contributed by atoms with Gasteiger partial charge in [-0.25, -0.2) is 0 Å². The van der Waals surface area contributed by atoms with Gasteiger partial charge in [0.1, 0.15) is 5.58 Å². The van der Waals surface area contributed by atoms with E-state index in [9.17, 15) is 0 Å². The second-order valence-corrected chi connectivity index (χ2v) is 21.9. The first-order valence-corrected chi connectivity index (χ1v) is 28.1. The lowest BCUT2D eigenvalue weighted by Crippen LogP contribution is -2.30. The molecule has 0 radical (unpaired) electrons. The average Bonchev–Trinajstić information content (AvgIpc) is 4.33. The maximum absolute atomic E-state index is 7.40. The number of para-hydroxylation sites is 3. The molecule has 77 heavy (non-hydrogen) atoms. The Labute approximate surface area is 449 Å². The van der Waals surface area contributed by atoms with Crippen molar-refractivity contribution in [2.45, 2.75) is 70.3 Å². The van der Waals surface area contributed by atoms with Crippen LogP contribution < -0.4 is 4.90 Å². The summed E-state index contributed by atoms with van der Waals surface area (Å²) < 4.78 is 14.9. The molecule has 0 saturated heterocycles. The predicted octanol–water partition coefficient (Wildman–Crippen LogP) is 18.7. The van der Waals surface area contributed by atoms with E-state index >= 15 is 0 Å². The van der Waals surface area contributed by atoms with Crippen molar-refractivity contribution in [3.63, 3.8) is 0 Å². The number of aromatic nitrogens is 3. The zero-order chi connectivity index (χ0) is 50.6. The summed E-state index contributed by atoms with van der Waals surface area (Å²) in [5.74, 6) is 0.295. The minimum Gasteiger partial charge on any atom is -0.453 e. The van der Waals surface area contributed by atoms with E-state index in [0.717, 1.165) is 97.5 Å². The maximum Gasteiger partial charge on any atom is 0.159 e. The second kappa shape index (κ2) is 17.9. The quantitative estimate of drug-likeness (QED) is 0.152. The number of furan rings is 1. The summed E-state index contributed by atoms with van der Waals surface area (Å²) in [4.78, 5) is 2.55. The van der Waals surface area contributed by atoms with Gasteiger partial charge in [-0.15, -0.1) is 0 Å². The van der Waals surface area contributed by atoms with Crippen molar-refractivity contribution in [2.24, 2.45) is 5.92 Å². The second-order valence-electron chi connectivity index (χ2n) is 21.9. The van der Waals surface area contributed by atoms with Crippen LogP contribution >= 0.6 is 0 Å². The fourth-order valence-electron chi connectivity index (χ4n) is 14.0. The zero-order valence-corrected chi connectivity index (χ0v) is 43.2. The van der Waals surface area contributed by atoms with E-state index in [1.54, 1.807) is 0 Å². The first-order chi connectivity index (χ1) is 38.2. The van der Waals surface area contributed by atoms with Gasteiger partial charge in [0, 0.05) is 72.9 Å². The van der Waals surface area contributed by atoms with E-state index in [2.05, 4.69) is 237 Å². The third-order valence-corrected chi connectivity index (χ3v) is 17.6. The minimum atomic E-state index is 0.0502. The summed E-state index contributed by atoms with van der Waals surface area (Å²) in [6.07, 6.45) is 45.5. The van der Waals surface area contributed by atoms with Crippen LogP contribution in [-0.2, 0) is 19.3 Å². The number of hydrogen-bond acceptors (Lipinski definition) is 2. The topological polar surface area (TPSA) is 31.2 Å². The van der Waals surface area contributed by atoms with E-state index in [0.29, 0.717) is 5.92 Å². The molecular weight excluding hydrogens is 937 g/mol. The van der Waals surface area contributed by atoms with Crippen LogP contribution in [0.5, 0.6) is 0 Å². The molecule has 10 aromatic rings. The third-order valence-electron chi connectivity index (χ3n) is 17.6. The van der Waals surface area contributed by atoms with Crippen LogP contribution in [0.15, 0.2) is 210 Å². The number of nitrogens with zero attached hydrogens (tertiary/aromatic N) is 4. The average molecular weight is 995 g/mol. The lowest BCUT2D eigenvalue weighted by molar-refractivity contribution is 0.666. The molecule has 0 saturated carbocycles. The Bertz CT molecular complexity index is 4390. The number of hydrogen-bond donors (Lipinski definition) is 0. The number of benzene rings is 6. The van der Waals surface area contributed by atoms with Gasteiger partial charge in [-0.05, 0) is 177 Å². The van der Waals surface area contributed by atoms with Crippen LogP contribution in [0.2, 0.25) is 0 Å². The van der Waals surface area contributed by atoms with Gasteiger partial charge in [0.2, 0.25) is 0 Å². The molecule has 0 spiro atoms. The van der Waals surface area contributed by atoms with E-state index in [1.165, 1.54) is 100 Å². The van der Waals surface area contributed by atoms with E-state index in [-0.39, 0.29) is 6.04 Å². The summed E-state index contributed by atoms with van der Waals surface area (Å²) in [5.41, 5.74) is 23.9. The minimum absolute atomic E-state index is 0.0502. The van der Waals surface area contributed by atoms with Gasteiger partial charge in [0.15, 0.2) is 5.58 Å². The molecule has 5 heteroatoms. The van der Waals surface area contributed by atoms with Gasteiger partial charge in [-0.1, -0.05) is 134 Å². The molecule has 372 valence electrons. The van der Waals surface area contributed by atoms with Crippen LogP contribution in [0.3, 0.4) is 0 Å². The summed E-state index contributed by atoms with van der Waals surface area (Å²) in [7, 11) is 0. The first-order valence-electron chi connectivity index (χ1n) is 28.1. The number of allylic oxidation sites excluding steroid dienone is 13. The Hall–Kier alpha value is -8.80. The Morgan fingerprint density at radius 2 is 1.22 bits per heavy atom. The molecule has 0 bridgehead atoms. The van der Waals surface area contributed by atoms with Crippen LogP contribution in [-0.4, -0.2) is 19.7 Å². The molecule has 4 aromatic heterocycles. The van der Waals surface area contributed by atoms with Gasteiger partial charge in [0.05, 0.1) is 33.7 Å². The first kappa shape index (κ1) is 44.5. The molecule has 16 rings (SSSR count). The van der Waals surface area contributed by atoms with Crippen molar-refractivity contribution >= 4 is 95.6 Å². The summed E-state index contributed by atoms with van der Waals surface area (Å²) >= 11 is 0. The molecule has 0 fully saturated rings. The molecule has 6 aliphatic rings. The van der Waals surface area contributed by atoms with Crippen LogP contribution in [0.4, 0.5) is 11.4 Å². The Morgan fingerprint density at radius 1 is 0.506 bits per heavy atom. The van der Waals surface area contributed by atoms with Crippen molar-refractivity contribution in [3.05, 3.63) is 240 Å². The van der Waals surface area contributed by atoms with Crippen molar-refractivity contribution in [1.29, 1.82) is 0 Å². The number of anilines is 2. The van der Waals surface area contributed by atoms with Gasteiger partial charge >= 0.3 is 0 Å². The monoisotopic (exact) mass is 994 g/mol.